The van der Waals surface area contributed by atoms with E-state index in [2.05, 4.69) is 10.6 Å². The van der Waals surface area contributed by atoms with Crippen LogP contribution in [0.4, 0.5) is 17.6 Å². The summed E-state index contributed by atoms with van der Waals surface area (Å²) >= 11 is 0. The Morgan fingerprint density at radius 3 is 2.82 bits per heavy atom. The van der Waals surface area contributed by atoms with Crippen molar-refractivity contribution in [3.8, 4) is 5.75 Å². The number of hydrogen-bond donors (Lipinski definition) is 2. The molecular weight excluding hydrogens is 304 g/mol. The quantitative estimate of drug-likeness (QED) is 0.814. The highest BCUT2D eigenvalue weighted by molar-refractivity contribution is 5.82. The van der Waals surface area contributed by atoms with Gasteiger partial charge in [-0.1, -0.05) is 0 Å². The molecule has 122 valence electrons. The molecule has 0 aromatic heterocycles. The average molecular weight is 320 g/mol. The van der Waals surface area contributed by atoms with Crippen molar-refractivity contribution in [1.82, 2.24) is 10.6 Å². The van der Waals surface area contributed by atoms with Crippen molar-refractivity contribution in [2.24, 2.45) is 0 Å². The summed E-state index contributed by atoms with van der Waals surface area (Å²) in [6.45, 7) is 0.987. The first-order chi connectivity index (χ1) is 10.3. The average Bonchev–Trinajstić information content (AvgIpc) is 2.78. The summed E-state index contributed by atoms with van der Waals surface area (Å²) in [5, 5.41) is 4.94. The third-order valence-electron chi connectivity index (χ3n) is 3.20. The van der Waals surface area contributed by atoms with Gasteiger partial charge in [0.2, 0.25) is 5.91 Å². The summed E-state index contributed by atoms with van der Waals surface area (Å²) in [5.41, 5.74) is 0. The van der Waals surface area contributed by atoms with Gasteiger partial charge in [0.15, 0.2) is 11.6 Å². The molecule has 22 heavy (non-hydrogen) atoms. The van der Waals surface area contributed by atoms with Crippen molar-refractivity contribution in [1.29, 1.82) is 0 Å². The highest BCUT2D eigenvalue weighted by Gasteiger charge is 2.42. The number of hydrogen-bond acceptors (Lipinski definition) is 3. The SMILES string of the molecule is CC(COc1ccc(F)cc1F)NC(=O)C1CC(F)(F)CN1. The standard InChI is InChI=1S/C14H16F4N2O2/c1-8(6-22-12-3-2-9(15)4-10(12)16)20-13(21)11-5-14(17,18)7-19-11/h2-4,8,11,19H,5-7H2,1H3,(H,20,21). The van der Waals surface area contributed by atoms with Crippen LogP contribution in [0.1, 0.15) is 13.3 Å². The summed E-state index contributed by atoms with van der Waals surface area (Å²) in [4.78, 5) is 11.8. The second-order valence-corrected chi connectivity index (χ2v) is 5.29. The van der Waals surface area contributed by atoms with Crippen molar-refractivity contribution >= 4 is 5.91 Å². The molecule has 2 atom stereocenters. The minimum absolute atomic E-state index is 0.0720. The third-order valence-corrected chi connectivity index (χ3v) is 3.20. The molecule has 2 unspecified atom stereocenters. The van der Waals surface area contributed by atoms with Crippen LogP contribution in [0.3, 0.4) is 0 Å². The van der Waals surface area contributed by atoms with Crippen molar-refractivity contribution < 1.29 is 27.1 Å². The number of nitrogens with one attached hydrogen (secondary N) is 2. The Morgan fingerprint density at radius 1 is 1.50 bits per heavy atom. The molecule has 1 aliphatic heterocycles. The van der Waals surface area contributed by atoms with E-state index in [1.165, 1.54) is 0 Å². The largest absolute Gasteiger partial charge is 0.488 e. The second-order valence-electron chi connectivity index (χ2n) is 5.29. The number of amides is 1. The normalized spacial score (nSPS) is 21.4. The van der Waals surface area contributed by atoms with Gasteiger partial charge in [-0.15, -0.1) is 0 Å². The van der Waals surface area contributed by atoms with Crippen LogP contribution >= 0.6 is 0 Å². The Morgan fingerprint density at radius 2 is 2.23 bits per heavy atom. The van der Waals surface area contributed by atoms with E-state index in [4.69, 9.17) is 4.74 Å². The molecule has 1 fully saturated rings. The zero-order valence-electron chi connectivity index (χ0n) is 11.8. The predicted molar refractivity (Wildman–Crippen MR) is 70.8 cm³/mol. The molecule has 1 aromatic carbocycles. The van der Waals surface area contributed by atoms with Crippen LogP contribution in [0.2, 0.25) is 0 Å². The van der Waals surface area contributed by atoms with Gasteiger partial charge in [0.25, 0.3) is 5.92 Å². The zero-order chi connectivity index (χ0) is 16.3. The lowest BCUT2D eigenvalue weighted by Gasteiger charge is -2.18. The zero-order valence-corrected chi connectivity index (χ0v) is 11.8. The van der Waals surface area contributed by atoms with Gasteiger partial charge in [0.1, 0.15) is 12.4 Å². The summed E-state index contributed by atoms with van der Waals surface area (Å²) < 4.78 is 57.2. The first-order valence-corrected chi connectivity index (χ1v) is 6.76. The van der Waals surface area contributed by atoms with Crippen LogP contribution in [0.15, 0.2) is 18.2 Å². The molecule has 4 nitrogen and oxygen atoms in total. The number of rotatable bonds is 5. The maximum Gasteiger partial charge on any atom is 0.262 e. The summed E-state index contributed by atoms with van der Waals surface area (Å²) in [6, 6.07) is 1.39. The van der Waals surface area contributed by atoms with Gasteiger partial charge < -0.3 is 10.1 Å². The van der Waals surface area contributed by atoms with Gasteiger partial charge in [-0.25, -0.2) is 17.6 Å². The molecule has 1 aromatic rings. The van der Waals surface area contributed by atoms with Crippen molar-refractivity contribution in [2.75, 3.05) is 13.2 Å². The second kappa shape index (κ2) is 6.51. The maximum absolute atomic E-state index is 13.3. The molecule has 0 spiro atoms. The lowest BCUT2D eigenvalue weighted by molar-refractivity contribution is -0.124. The molecule has 1 saturated heterocycles. The van der Waals surface area contributed by atoms with Crippen LogP contribution in [0.5, 0.6) is 5.75 Å². The molecule has 1 heterocycles. The van der Waals surface area contributed by atoms with E-state index in [0.717, 1.165) is 12.1 Å². The van der Waals surface area contributed by atoms with Crippen LogP contribution in [-0.2, 0) is 4.79 Å². The molecule has 0 saturated carbocycles. The molecule has 1 aliphatic rings. The Kier molecular flexibility index (Phi) is 4.90. The molecular formula is C14H16F4N2O2. The van der Waals surface area contributed by atoms with E-state index < -0.39 is 48.5 Å². The van der Waals surface area contributed by atoms with E-state index >= 15 is 0 Å². The Hall–Kier alpha value is -1.83. The fraction of sp³-hybridized carbons (Fsp3) is 0.500. The summed E-state index contributed by atoms with van der Waals surface area (Å²) in [5.74, 6) is -5.17. The van der Waals surface area contributed by atoms with E-state index in [9.17, 15) is 22.4 Å². The minimum atomic E-state index is -2.89. The molecule has 0 radical (unpaired) electrons. The van der Waals surface area contributed by atoms with E-state index in [1.807, 2.05) is 0 Å². The number of carbonyl (C=O) groups excluding carboxylic acids is 1. The Bertz CT molecular complexity index is 554. The monoisotopic (exact) mass is 320 g/mol. The van der Waals surface area contributed by atoms with E-state index in [1.54, 1.807) is 6.92 Å². The van der Waals surface area contributed by atoms with Gasteiger partial charge >= 0.3 is 0 Å². The first-order valence-electron chi connectivity index (χ1n) is 6.76. The molecule has 2 N–H and O–H groups in total. The summed E-state index contributed by atoms with van der Waals surface area (Å²) in [7, 11) is 0. The first kappa shape index (κ1) is 16.5. The molecule has 1 amide bonds. The van der Waals surface area contributed by atoms with Crippen LogP contribution < -0.4 is 15.4 Å². The van der Waals surface area contributed by atoms with E-state index in [0.29, 0.717) is 6.07 Å². The highest BCUT2D eigenvalue weighted by atomic mass is 19.3. The van der Waals surface area contributed by atoms with Gasteiger partial charge in [0.05, 0.1) is 18.6 Å². The third kappa shape index (κ3) is 4.33. The van der Waals surface area contributed by atoms with Crippen molar-refractivity contribution in [3.05, 3.63) is 29.8 Å². The number of alkyl halides is 2. The fourth-order valence-corrected chi connectivity index (χ4v) is 2.09. The Balaban J connectivity index is 1.80. The highest BCUT2D eigenvalue weighted by Crippen LogP contribution is 2.25. The molecule has 0 aliphatic carbocycles. The number of carbonyl (C=O) groups is 1. The maximum atomic E-state index is 13.3. The van der Waals surface area contributed by atoms with Crippen molar-refractivity contribution in [3.63, 3.8) is 0 Å². The number of ether oxygens (including phenoxy) is 1. The predicted octanol–water partition coefficient (Wildman–Crippen LogP) is 1.85. The van der Waals surface area contributed by atoms with Crippen LogP contribution in [0.25, 0.3) is 0 Å². The van der Waals surface area contributed by atoms with Gasteiger partial charge in [-0.2, -0.15) is 0 Å². The lowest BCUT2D eigenvalue weighted by Crippen LogP contribution is -2.46. The topological polar surface area (TPSA) is 50.4 Å². The van der Waals surface area contributed by atoms with Crippen molar-refractivity contribution in [2.45, 2.75) is 31.4 Å². The molecule has 2 rings (SSSR count). The molecule has 8 heteroatoms. The van der Waals surface area contributed by atoms with Gasteiger partial charge in [0, 0.05) is 12.5 Å². The van der Waals surface area contributed by atoms with Crippen LogP contribution in [0, 0.1) is 11.6 Å². The fourth-order valence-electron chi connectivity index (χ4n) is 2.09. The van der Waals surface area contributed by atoms with Gasteiger partial charge in [-0.05, 0) is 19.1 Å². The van der Waals surface area contributed by atoms with Gasteiger partial charge in [-0.3, -0.25) is 10.1 Å². The van der Waals surface area contributed by atoms with E-state index in [-0.39, 0.29) is 12.4 Å². The Labute approximate surface area is 124 Å². The number of halogens is 4. The summed E-state index contributed by atoms with van der Waals surface area (Å²) in [6.07, 6.45) is -0.557. The van der Waals surface area contributed by atoms with Crippen LogP contribution in [-0.4, -0.2) is 37.1 Å². The minimum Gasteiger partial charge on any atom is -0.488 e. The lowest BCUT2D eigenvalue weighted by atomic mass is 10.1. The smallest absolute Gasteiger partial charge is 0.262 e. The number of benzene rings is 1. The molecule has 0 bridgehead atoms.